The fraction of sp³-hybridized carbons (Fsp3) is 0.944. The number of ether oxygens (including phenoxy) is 4. The molecule has 17 nitrogen and oxygen atoms in total. The van der Waals surface area contributed by atoms with E-state index in [9.17, 15) is 43.2 Å². The molecule has 0 bridgehead atoms. The highest BCUT2D eigenvalue weighted by Gasteiger charge is 2.30. The molecule has 0 amide bonds. The maximum absolute atomic E-state index is 13.0. The number of phosphoric acid groups is 2. The predicted octanol–water partition coefficient (Wildman–Crippen LogP) is 20.6. The molecule has 3 N–H and O–H groups in total. The molecule has 0 aliphatic carbocycles. The van der Waals surface area contributed by atoms with E-state index in [1.807, 2.05) is 0 Å². The van der Waals surface area contributed by atoms with Crippen LogP contribution >= 0.6 is 15.6 Å². The molecule has 6 atom stereocenters. The number of carbonyl (C=O) groups excluding carboxylic acids is 4. The van der Waals surface area contributed by atoms with Crippen molar-refractivity contribution in [3.8, 4) is 0 Å². The topological polar surface area (TPSA) is 237 Å². The van der Waals surface area contributed by atoms with Crippen molar-refractivity contribution in [2.24, 2.45) is 17.8 Å². The molecule has 0 aliphatic rings. The molecule has 19 heteroatoms. The molecule has 0 rings (SSSR count). The van der Waals surface area contributed by atoms with E-state index in [1.165, 1.54) is 167 Å². The third kappa shape index (κ3) is 65.1. The van der Waals surface area contributed by atoms with E-state index in [-0.39, 0.29) is 25.7 Å². The maximum Gasteiger partial charge on any atom is 0.472 e. The van der Waals surface area contributed by atoms with Crippen LogP contribution in [-0.2, 0) is 65.4 Å². The molecule has 540 valence electrons. The summed E-state index contributed by atoms with van der Waals surface area (Å²) in [4.78, 5) is 72.6. The van der Waals surface area contributed by atoms with Gasteiger partial charge in [-0.1, -0.05) is 312 Å². The second-order valence-corrected chi connectivity index (χ2v) is 30.1. The number of esters is 4. The third-order valence-corrected chi connectivity index (χ3v) is 18.9. The summed E-state index contributed by atoms with van der Waals surface area (Å²) in [7, 11) is -9.91. The minimum Gasteiger partial charge on any atom is -0.462 e. The normalized spacial score (nSPS) is 14.5. The van der Waals surface area contributed by atoms with Crippen LogP contribution in [-0.4, -0.2) is 96.7 Å². The predicted molar refractivity (Wildman–Crippen MR) is 368 cm³/mol. The molecule has 0 aromatic carbocycles. The van der Waals surface area contributed by atoms with Crippen LogP contribution in [0.15, 0.2) is 0 Å². The monoisotopic (exact) mass is 1340 g/mol. The molecular formula is C72H140O17P2. The van der Waals surface area contributed by atoms with E-state index >= 15 is 0 Å². The highest BCUT2D eigenvalue weighted by Crippen LogP contribution is 2.45. The Labute approximate surface area is 556 Å². The van der Waals surface area contributed by atoms with Gasteiger partial charge in [0, 0.05) is 25.7 Å². The number of unbranched alkanes of at least 4 members (excludes halogenated alkanes) is 37. The first kappa shape index (κ1) is 89.1. The smallest absolute Gasteiger partial charge is 0.462 e. The summed E-state index contributed by atoms with van der Waals surface area (Å²) in [5, 5.41) is 10.6. The van der Waals surface area contributed by atoms with Crippen molar-refractivity contribution < 1.29 is 80.2 Å². The van der Waals surface area contributed by atoms with Crippen molar-refractivity contribution in [3.63, 3.8) is 0 Å². The summed E-state index contributed by atoms with van der Waals surface area (Å²) in [5.74, 6) is 0.0860. The number of aliphatic hydroxyl groups excluding tert-OH is 1. The number of hydrogen-bond acceptors (Lipinski definition) is 15. The molecule has 0 spiro atoms. The lowest BCUT2D eigenvalue weighted by atomic mass is 10.00. The van der Waals surface area contributed by atoms with Gasteiger partial charge < -0.3 is 33.8 Å². The van der Waals surface area contributed by atoms with Crippen LogP contribution in [0.4, 0.5) is 0 Å². The Balaban J connectivity index is 5.25. The highest BCUT2D eigenvalue weighted by atomic mass is 31.2. The lowest BCUT2D eigenvalue weighted by molar-refractivity contribution is -0.161. The van der Waals surface area contributed by atoms with Gasteiger partial charge in [-0.25, -0.2) is 9.13 Å². The van der Waals surface area contributed by atoms with E-state index in [0.29, 0.717) is 25.7 Å². The molecule has 0 saturated carbocycles. The summed E-state index contributed by atoms with van der Waals surface area (Å²) in [6.07, 6.45) is 47.2. The average molecular weight is 1340 g/mol. The maximum atomic E-state index is 13.0. The van der Waals surface area contributed by atoms with Gasteiger partial charge >= 0.3 is 39.5 Å². The fourth-order valence-electron chi connectivity index (χ4n) is 10.9. The second kappa shape index (κ2) is 62.8. The van der Waals surface area contributed by atoms with E-state index < -0.39 is 97.5 Å². The van der Waals surface area contributed by atoms with Crippen LogP contribution in [0.1, 0.15) is 363 Å². The van der Waals surface area contributed by atoms with Gasteiger partial charge in [-0.05, 0) is 43.4 Å². The van der Waals surface area contributed by atoms with E-state index in [0.717, 1.165) is 114 Å². The summed E-state index contributed by atoms with van der Waals surface area (Å²) in [6, 6.07) is 0. The first-order chi connectivity index (χ1) is 43.8. The lowest BCUT2D eigenvalue weighted by Crippen LogP contribution is -2.30. The third-order valence-electron chi connectivity index (χ3n) is 17.0. The van der Waals surface area contributed by atoms with E-state index in [2.05, 4.69) is 48.5 Å². The Hall–Kier alpha value is -1.94. The number of rotatable bonds is 70. The van der Waals surface area contributed by atoms with Crippen LogP contribution in [0.5, 0.6) is 0 Å². The second-order valence-electron chi connectivity index (χ2n) is 27.2. The zero-order chi connectivity index (χ0) is 67.3. The zero-order valence-corrected chi connectivity index (χ0v) is 61.1. The highest BCUT2D eigenvalue weighted by molar-refractivity contribution is 7.47. The first-order valence-corrected chi connectivity index (χ1v) is 40.4. The average Bonchev–Trinajstić information content (AvgIpc) is 3.22. The quantitative estimate of drug-likeness (QED) is 0.0222. The number of hydrogen-bond donors (Lipinski definition) is 3. The Morgan fingerprint density at radius 3 is 0.835 bits per heavy atom. The standard InChI is InChI=1S/C72H140O17P2/c1-8-10-11-12-13-14-15-16-17-18-19-20-21-26-32-41-48-55-71(76)88-67(59-82-69(74)53-46-39-31-27-22-24-29-36-43-50-63(3)4)61-86-90(78,79)84-57-66(73)58-85-91(80,81)87-62-68(60-83-70(75)54-47-40-35-34-38-45-52-65(7)9-2)89-72(77)56-49-42-33-28-23-25-30-37-44-51-64(5)6/h63-68,73H,8-62H2,1-7H3,(H,78,79)(H,80,81)/t65?,66-,67-,68-/m1/s1. The van der Waals surface area contributed by atoms with Crippen molar-refractivity contribution in [2.45, 2.75) is 381 Å². The van der Waals surface area contributed by atoms with Gasteiger partial charge in [0.15, 0.2) is 12.2 Å². The van der Waals surface area contributed by atoms with Crippen molar-refractivity contribution in [2.75, 3.05) is 39.6 Å². The molecule has 0 heterocycles. The Morgan fingerprint density at radius 1 is 0.319 bits per heavy atom. The van der Waals surface area contributed by atoms with Gasteiger partial charge in [-0.15, -0.1) is 0 Å². The van der Waals surface area contributed by atoms with Crippen molar-refractivity contribution in [1.82, 2.24) is 0 Å². The summed E-state index contributed by atoms with van der Waals surface area (Å²) >= 11 is 0. The number of aliphatic hydroxyl groups is 1. The number of phosphoric ester groups is 2. The molecule has 0 aromatic rings. The Kier molecular flexibility index (Phi) is 61.5. The van der Waals surface area contributed by atoms with Crippen LogP contribution in [0.2, 0.25) is 0 Å². The van der Waals surface area contributed by atoms with Gasteiger partial charge in [-0.2, -0.15) is 0 Å². The van der Waals surface area contributed by atoms with Gasteiger partial charge in [0.25, 0.3) is 0 Å². The van der Waals surface area contributed by atoms with Crippen LogP contribution in [0.3, 0.4) is 0 Å². The minimum absolute atomic E-state index is 0.104. The molecule has 0 saturated heterocycles. The van der Waals surface area contributed by atoms with Gasteiger partial charge in [0.1, 0.15) is 19.3 Å². The van der Waals surface area contributed by atoms with Crippen molar-refractivity contribution in [1.29, 1.82) is 0 Å². The fourth-order valence-corrected chi connectivity index (χ4v) is 12.4. The zero-order valence-electron chi connectivity index (χ0n) is 59.3. The Bertz CT molecular complexity index is 1790. The van der Waals surface area contributed by atoms with Gasteiger partial charge in [-0.3, -0.25) is 37.3 Å². The van der Waals surface area contributed by atoms with Crippen LogP contribution in [0.25, 0.3) is 0 Å². The van der Waals surface area contributed by atoms with Gasteiger partial charge in [0.2, 0.25) is 0 Å². The molecule has 0 aliphatic heterocycles. The summed E-state index contributed by atoms with van der Waals surface area (Å²) in [6.45, 7) is 11.8. The number of carbonyl (C=O) groups is 4. The SMILES string of the molecule is CCCCCCCCCCCCCCCCCCCC(=O)O[C@H](COC(=O)CCCCCCCCCCCC(C)C)COP(=O)(O)OC[C@@H](O)COP(=O)(O)OC[C@@H](COC(=O)CCCCCCCCC(C)CC)OC(=O)CCCCCCCCCCCC(C)C. The molecule has 0 fully saturated rings. The Morgan fingerprint density at radius 2 is 0.560 bits per heavy atom. The van der Waals surface area contributed by atoms with E-state index in [1.54, 1.807) is 0 Å². The molecule has 91 heavy (non-hydrogen) atoms. The first-order valence-electron chi connectivity index (χ1n) is 37.4. The molecule has 0 radical (unpaired) electrons. The summed E-state index contributed by atoms with van der Waals surface area (Å²) in [5.41, 5.74) is 0. The minimum atomic E-state index is -4.95. The van der Waals surface area contributed by atoms with Crippen molar-refractivity contribution >= 4 is 39.5 Å². The molecule has 0 aromatic heterocycles. The van der Waals surface area contributed by atoms with Crippen LogP contribution in [0, 0.1) is 17.8 Å². The van der Waals surface area contributed by atoms with E-state index in [4.69, 9.17) is 37.0 Å². The largest absolute Gasteiger partial charge is 0.472 e. The van der Waals surface area contributed by atoms with Crippen LogP contribution < -0.4 is 0 Å². The molecule has 3 unspecified atom stereocenters. The van der Waals surface area contributed by atoms with Crippen molar-refractivity contribution in [3.05, 3.63) is 0 Å². The lowest BCUT2D eigenvalue weighted by Gasteiger charge is -2.21. The van der Waals surface area contributed by atoms with Gasteiger partial charge in [0.05, 0.1) is 26.4 Å². The molecular weight excluding hydrogens is 1200 g/mol. The summed E-state index contributed by atoms with van der Waals surface area (Å²) < 4.78 is 68.4.